The predicted molar refractivity (Wildman–Crippen MR) is 73.8 cm³/mol. The highest BCUT2D eigenvalue weighted by Gasteiger charge is 2.20. The van der Waals surface area contributed by atoms with Crippen molar-refractivity contribution < 1.29 is 9.34 Å². The summed E-state index contributed by atoms with van der Waals surface area (Å²) in [6.07, 6.45) is 1.76. The zero-order valence-electron chi connectivity index (χ0n) is 10.6. The SMILES string of the molecule is C[Si](C)(C)c1coc(-c2cccc([N+](=O)[O-])c2)c1. The third-order valence-electron chi connectivity index (χ3n) is 2.81. The van der Waals surface area contributed by atoms with Crippen molar-refractivity contribution in [3.05, 3.63) is 46.7 Å². The first-order valence-corrected chi connectivity index (χ1v) is 9.22. The van der Waals surface area contributed by atoms with Gasteiger partial charge in [-0.25, -0.2) is 0 Å². The van der Waals surface area contributed by atoms with Crippen LogP contribution >= 0.6 is 0 Å². The number of hydrogen-bond donors (Lipinski definition) is 0. The Morgan fingerprint density at radius 1 is 1.22 bits per heavy atom. The molecule has 0 aliphatic heterocycles. The Morgan fingerprint density at radius 3 is 2.50 bits per heavy atom. The number of furan rings is 1. The summed E-state index contributed by atoms with van der Waals surface area (Å²) in [5, 5.41) is 11.9. The van der Waals surface area contributed by atoms with E-state index in [2.05, 4.69) is 19.6 Å². The van der Waals surface area contributed by atoms with Crippen LogP contribution in [0.4, 0.5) is 5.69 Å². The van der Waals surface area contributed by atoms with Crippen LogP contribution < -0.4 is 5.19 Å². The van der Waals surface area contributed by atoms with Gasteiger partial charge in [0.25, 0.3) is 5.69 Å². The summed E-state index contributed by atoms with van der Waals surface area (Å²) in [6, 6.07) is 8.49. The molecule has 0 atom stereocenters. The van der Waals surface area contributed by atoms with Gasteiger partial charge >= 0.3 is 0 Å². The van der Waals surface area contributed by atoms with Crippen LogP contribution in [0.25, 0.3) is 11.3 Å². The van der Waals surface area contributed by atoms with Crippen molar-refractivity contribution in [1.82, 2.24) is 0 Å². The van der Waals surface area contributed by atoms with E-state index >= 15 is 0 Å². The molecular formula is C13H15NO3Si. The maximum atomic E-state index is 10.7. The normalized spacial score (nSPS) is 11.5. The molecule has 0 saturated carbocycles. The Hall–Kier alpha value is -1.88. The molecule has 1 aromatic heterocycles. The third kappa shape index (κ3) is 2.51. The Kier molecular flexibility index (Phi) is 3.08. The molecule has 18 heavy (non-hydrogen) atoms. The fraction of sp³-hybridized carbons (Fsp3) is 0.231. The van der Waals surface area contributed by atoms with Crippen LogP contribution in [0.3, 0.4) is 0 Å². The van der Waals surface area contributed by atoms with Crippen LogP contribution in [0.1, 0.15) is 0 Å². The summed E-state index contributed by atoms with van der Waals surface area (Å²) < 4.78 is 5.52. The summed E-state index contributed by atoms with van der Waals surface area (Å²) >= 11 is 0. The van der Waals surface area contributed by atoms with Crippen LogP contribution in [0.15, 0.2) is 41.0 Å². The molecule has 0 amide bonds. The lowest BCUT2D eigenvalue weighted by atomic mass is 10.1. The van der Waals surface area contributed by atoms with Crippen molar-refractivity contribution in [3.8, 4) is 11.3 Å². The summed E-state index contributed by atoms with van der Waals surface area (Å²) in [5.74, 6) is 0.691. The average Bonchev–Trinajstić information content (AvgIpc) is 2.78. The molecule has 0 spiro atoms. The monoisotopic (exact) mass is 261 g/mol. The maximum absolute atomic E-state index is 10.7. The molecule has 0 fully saturated rings. The second kappa shape index (κ2) is 4.42. The lowest BCUT2D eigenvalue weighted by Gasteiger charge is -2.11. The molecule has 0 bridgehead atoms. The largest absolute Gasteiger partial charge is 0.464 e. The first-order valence-electron chi connectivity index (χ1n) is 5.72. The van der Waals surface area contributed by atoms with Gasteiger partial charge in [0.2, 0.25) is 0 Å². The van der Waals surface area contributed by atoms with Crippen LogP contribution in [0.2, 0.25) is 19.6 Å². The second-order valence-electron chi connectivity index (χ2n) is 5.26. The predicted octanol–water partition coefficient (Wildman–Crippen LogP) is 3.40. The summed E-state index contributed by atoms with van der Waals surface area (Å²) in [4.78, 5) is 10.3. The van der Waals surface area contributed by atoms with Gasteiger partial charge in [-0.3, -0.25) is 10.1 Å². The van der Waals surface area contributed by atoms with Gasteiger partial charge in [-0.2, -0.15) is 0 Å². The molecular weight excluding hydrogens is 246 g/mol. The molecule has 0 N–H and O–H groups in total. The second-order valence-corrected chi connectivity index (χ2v) is 10.3. The fourth-order valence-corrected chi connectivity index (χ4v) is 2.63. The Labute approximate surface area is 106 Å². The molecule has 5 heteroatoms. The van der Waals surface area contributed by atoms with Crippen molar-refractivity contribution in [2.24, 2.45) is 0 Å². The fourth-order valence-electron chi connectivity index (χ4n) is 1.65. The minimum absolute atomic E-state index is 0.0819. The van der Waals surface area contributed by atoms with Crippen LogP contribution in [-0.2, 0) is 0 Å². The Morgan fingerprint density at radius 2 is 1.94 bits per heavy atom. The minimum Gasteiger partial charge on any atom is -0.464 e. The summed E-state index contributed by atoms with van der Waals surface area (Å²) in [7, 11) is -1.41. The van der Waals surface area contributed by atoms with E-state index in [0.29, 0.717) is 5.76 Å². The first kappa shape index (κ1) is 12.6. The van der Waals surface area contributed by atoms with Crippen LogP contribution in [0, 0.1) is 10.1 Å². The minimum atomic E-state index is -1.41. The van der Waals surface area contributed by atoms with E-state index < -0.39 is 13.0 Å². The number of non-ortho nitro benzene ring substituents is 1. The maximum Gasteiger partial charge on any atom is 0.270 e. The molecule has 0 aliphatic carbocycles. The van der Waals surface area contributed by atoms with E-state index in [1.54, 1.807) is 12.3 Å². The Balaban J connectivity index is 2.40. The van der Waals surface area contributed by atoms with Crippen LogP contribution in [0.5, 0.6) is 0 Å². The quantitative estimate of drug-likeness (QED) is 0.483. The smallest absolute Gasteiger partial charge is 0.270 e. The Bertz CT molecular complexity index is 584. The molecule has 2 rings (SSSR count). The van der Waals surface area contributed by atoms with Crippen molar-refractivity contribution >= 4 is 18.9 Å². The van der Waals surface area contributed by atoms with Gasteiger partial charge in [-0.15, -0.1) is 0 Å². The van der Waals surface area contributed by atoms with Gasteiger partial charge in [-0.1, -0.05) is 31.8 Å². The molecule has 94 valence electrons. The van der Waals surface area contributed by atoms with Crippen molar-refractivity contribution in [1.29, 1.82) is 0 Å². The third-order valence-corrected chi connectivity index (χ3v) is 4.80. The van der Waals surface area contributed by atoms with Gasteiger partial charge in [0, 0.05) is 17.7 Å². The standard InChI is InChI=1S/C13H15NO3Si/c1-18(2,3)12-8-13(17-9-12)10-5-4-6-11(7-10)14(15)16/h4-9H,1-3H3. The summed E-state index contributed by atoms with van der Waals surface area (Å²) in [6.45, 7) is 6.69. The van der Waals surface area contributed by atoms with E-state index in [1.165, 1.54) is 17.3 Å². The van der Waals surface area contributed by atoms with E-state index in [1.807, 2.05) is 12.1 Å². The number of nitro benzene ring substituents is 1. The summed E-state index contributed by atoms with van der Waals surface area (Å²) in [5.41, 5.74) is 0.826. The highest BCUT2D eigenvalue weighted by Crippen LogP contribution is 2.24. The number of benzene rings is 1. The van der Waals surface area contributed by atoms with E-state index in [9.17, 15) is 10.1 Å². The molecule has 4 nitrogen and oxygen atoms in total. The number of nitro groups is 1. The van der Waals surface area contributed by atoms with E-state index in [4.69, 9.17) is 4.42 Å². The number of nitrogens with zero attached hydrogens (tertiary/aromatic N) is 1. The molecule has 1 aromatic carbocycles. The topological polar surface area (TPSA) is 56.3 Å². The zero-order chi connectivity index (χ0) is 13.3. The molecule has 1 heterocycles. The highest BCUT2D eigenvalue weighted by atomic mass is 28.3. The van der Waals surface area contributed by atoms with Gasteiger partial charge in [-0.05, 0) is 11.3 Å². The van der Waals surface area contributed by atoms with Crippen LogP contribution in [-0.4, -0.2) is 13.0 Å². The average molecular weight is 261 g/mol. The lowest BCUT2D eigenvalue weighted by molar-refractivity contribution is -0.384. The highest BCUT2D eigenvalue weighted by molar-refractivity contribution is 6.88. The molecule has 2 aromatic rings. The van der Waals surface area contributed by atoms with Gasteiger partial charge in [0.05, 0.1) is 19.3 Å². The molecule has 0 unspecified atom stereocenters. The van der Waals surface area contributed by atoms with Crippen molar-refractivity contribution in [2.45, 2.75) is 19.6 Å². The van der Waals surface area contributed by atoms with Gasteiger partial charge < -0.3 is 4.42 Å². The number of rotatable bonds is 3. The van der Waals surface area contributed by atoms with Crippen molar-refractivity contribution in [2.75, 3.05) is 0 Å². The first-order chi connectivity index (χ1) is 8.38. The lowest BCUT2D eigenvalue weighted by Crippen LogP contribution is -2.36. The van der Waals surface area contributed by atoms with E-state index in [-0.39, 0.29) is 5.69 Å². The number of hydrogen-bond acceptors (Lipinski definition) is 3. The zero-order valence-corrected chi connectivity index (χ0v) is 11.6. The molecule has 0 saturated heterocycles. The molecule has 0 aliphatic rings. The van der Waals surface area contributed by atoms with Crippen molar-refractivity contribution in [3.63, 3.8) is 0 Å². The van der Waals surface area contributed by atoms with Gasteiger partial charge in [0.1, 0.15) is 5.76 Å². The molecule has 0 radical (unpaired) electrons. The van der Waals surface area contributed by atoms with E-state index in [0.717, 1.165) is 5.56 Å². The van der Waals surface area contributed by atoms with Gasteiger partial charge in [0.15, 0.2) is 0 Å².